The Labute approximate surface area is 126 Å². The molecule has 21 heavy (non-hydrogen) atoms. The molecule has 0 unspecified atom stereocenters. The van der Waals surface area contributed by atoms with Gasteiger partial charge < -0.3 is 14.8 Å². The van der Waals surface area contributed by atoms with Crippen LogP contribution < -0.4 is 5.32 Å². The molecule has 112 valence electrons. The van der Waals surface area contributed by atoms with E-state index < -0.39 is 12.0 Å². The third-order valence-electron chi connectivity index (χ3n) is 2.88. The van der Waals surface area contributed by atoms with Gasteiger partial charge in [-0.25, -0.2) is 4.98 Å². The fourth-order valence-electron chi connectivity index (χ4n) is 1.82. The van der Waals surface area contributed by atoms with Crippen LogP contribution in [0.4, 0.5) is 0 Å². The van der Waals surface area contributed by atoms with Gasteiger partial charge in [-0.2, -0.15) is 0 Å². The van der Waals surface area contributed by atoms with E-state index in [1.54, 1.807) is 0 Å². The van der Waals surface area contributed by atoms with Crippen LogP contribution in [0.25, 0.3) is 5.65 Å². The number of fused-ring (bicyclic) bond motifs is 1. The molecule has 0 aliphatic rings. The molecule has 1 atom stereocenters. The van der Waals surface area contributed by atoms with Crippen molar-refractivity contribution in [1.82, 2.24) is 14.7 Å². The van der Waals surface area contributed by atoms with Crippen molar-refractivity contribution >= 4 is 29.3 Å². The van der Waals surface area contributed by atoms with Gasteiger partial charge in [-0.3, -0.25) is 9.59 Å². The van der Waals surface area contributed by atoms with Gasteiger partial charge in [0.2, 0.25) is 5.91 Å². The zero-order valence-electron chi connectivity index (χ0n) is 11.9. The summed E-state index contributed by atoms with van der Waals surface area (Å²) in [6.07, 6.45) is 3.94. The van der Waals surface area contributed by atoms with Gasteiger partial charge in [-0.1, -0.05) is 6.07 Å². The monoisotopic (exact) mass is 307 g/mol. The summed E-state index contributed by atoms with van der Waals surface area (Å²) in [6.45, 7) is 3.46. The lowest BCUT2D eigenvalue weighted by Crippen LogP contribution is -2.39. The number of carbonyl (C=O) groups excluding carboxylic acids is 1. The Morgan fingerprint density at radius 1 is 1.43 bits per heavy atom. The first kappa shape index (κ1) is 15.4. The number of carboxylic acid groups (broad SMARTS) is 1. The first-order valence-electron chi connectivity index (χ1n) is 6.50. The molecule has 0 bridgehead atoms. The number of nitrogens with zero attached hydrogens (tertiary/aromatic N) is 2. The van der Waals surface area contributed by atoms with E-state index in [-0.39, 0.29) is 11.7 Å². The Morgan fingerprint density at radius 2 is 2.19 bits per heavy atom. The fourth-order valence-corrected chi connectivity index (χ4v) is 2.54. The quantitative estimate of drug-likeness (QED) is 0.844. The zero-order valence-corrected chi connectivity index (χ0v) is 12.7. The standard InChI is InChI=1S/C14H17N3O3S/c1-9-3-4-12-16-11(6-17(12)5-9)7-21-8-13(18)15-10(2)14(19)20/h3-6,10H,7-8H2,1-2H3,(H,15,18)(H,19,20)/t10-/m1/s1. The number of carbonyl (C=O) groups is 2. The van der Waals surface area contributed by atoms with Crippen LogP contribution in [-0.4, -0.2) is 38.2 Å². The molecule has 0 saturated heterocycles. The van der Waals surface area contributed by atoms with E-state index in [9.17, 15) is 9.59 Å². The fraction of sp³-hybridized carbons (Fsp3) is 0.357. The molecule has 0 spiro atoms. The average molecular weight is 307 g/mol. The van der Waals surface area contributed by atoms with Gasteiger partial charge >= 0.3 is 5.97 Å². The number of hydrogen-bond donors (Lipinski definition) is 2. The summed E-state index contributed by atoms with van der Waals surface area (Å²) in [4.78, 5) is 26.6. The van der Waals surface area contributed by atoms with Crippen LogP contribution in [-0.2, 0) is 15.3 Å². The third-order valence-corrected chi connectivity index (χ3v) is 3.85. The zero-order chi connectivity index (χ0) is 15.4. The van der Waals surface area contributed by atoms with Crippen LogP contribution >= 0.6 is 11.8 Å². The van der Waals surface area contributed by atoms with Crippen LogP contribution in [0.3, 0.4) is 0 Å². The predicted octanol–water partition coefficient (Wildman–Crippen LogP) is 1.47. The lowest BCUT2D eigenvalue weighted by atomic mass is 10.3. The van der Waals surface area contributed by atoms with Gasteiger partial charge in [-0.05, 0) is 25.5 Å². The minimum atomic E-state index is -1.04. The first-order valence-corrected chi connectivity index (χ1v) is 7.65. The Kier molecular flexibility index (Phi) is 4.85. The van der Waals surface area contributed by atoms with E-state index in [0.29, 0.717) is 5.75 Å². The van der Waals surface area contributed by atoms with Gasteiger partial charge in [0, 0.05) is 18.1 Å². The molecule has 0 radical (unpaired) electrons. The highest BCUT2D eigenvalue weighted by Crippen LogP contribution is 2.13. The summed E-state index contributed by atoms with van der Waals surface area (Å²) in [5.41, 5.74) is 2.92. The number of carboxylic acids is 1. The highest BCUT2D eigenvalue weighted by atomic mass is 32.2. The van der Waals surface area contributed by atoms with E-state index in [2.05, 4.69) is 10.3 Å². The number of aromatic nitrogens is 2. The number of aliphatic carboxylic acids is 1. The van der Waals surface area contributed by atoms with Crippen LogP contribution in [0.5, 0.6) is 0 Å². The third kappa shape index (κ3) is 4.22. The van der Waals surface area contributed by atoms with Gasteiger partial charge in [0.1, 0.15) is 11.7 Å². The predicted molar refractivity (Wildman–Crippen MR) is 81.3 cm³/mol. The van der Waals surface area contributed by atoms with Crippen LogP contribution in [0.15, 0.2) is 24.5 Å². The van der Waals surface area contributed by atoms with Crippen molar-refractivity contribution in [2.45, 2.75) is 25.6 Å². The summed E-state index contributed by atoms with van der Waals surface area (Å²) in [5, 5.41) is 11.1. The molecule has 0 aromatic carbocycles. The normalized spacial score (nSPS) is 12.3. The van der Waals surface area contributed by atoms with E-state index in [4.69, 9.17) is 5.11 Å². The second-order valence-electron chi connectivity index (χ2n) is 4.82. The first-order chi connectivity index (χ1) is 9.95. The summed E-state index contributed by atoms with van der Waals surface area (Å²) in [7, 11) is 0. The topological polar surface area (TPSA) is 83.7 Å². The lowest BCUT2D eigenvalue weighted by Gasteiger charge is -2.08. The van der Waals surface area contributed by atoms with E-state index in [0.717, 1.165) is 16.9 Å². The minimum Gasteiger partial charge on any atom is -0.480 e. The number of aryl methyl sites for hydroxylation is 1. The number of nitrogens with one attached hydrogen (secondary N) is 1. The molecule has 7 heteroatoms. The maximum atomic E-state index is 11.5. The van der Waals surface area contributed by atoms with Crippen LogP contribution in [0.1, 0.15) is 18.2 Å². The minimum absolute atomic E-state index is 0.213. The molecule has 6 nitrogen and oxygen atoms in total. The summed E-state index contributed by atoms with van der Waals surface area (Å²) in [5.74, 6) is -0.501. The highest BCUT2D eigenvalue weighted by Gasteiger charge is 2.13. The highest BCUT2D eigenvalue weighted by molar-refractivity contribution is 7.99. The van der Waals surface area contributed by atoms with Crippen LogP contribution in [0, 0.1) is 6.92 Å². The van der Waals surface area contributed by atoms with Crippen molar-refractivity contribution in [2.75, 3.05) is 5.75 Å². The summed E-state index contributed by atoms with van der Waals surface area (Å²) in [6, 6.07) is 3.08. The van der Waals surface area contributed by atoms with Crippen molar-refractivity contribution in [3.63, 3.8) is 0 Å². The largest absolute Gasteiger partial charge is 0.480 e. The second-order valence-corrected chi connectivity index (χ2v) is 5.81. The summed E-state index contributed by atoms with van der Waals surface area (Å²) < 4.78 is 1.96. The molecule has 0 fully saturated rings. The molecular formula is C14H17N3O3S. The van der Waals surface area contributed by atoms with Crippen molar-refractivity contribution in [3.8, 4) is 0 Å². The molecule has 0 saturated carbocycles. The Morgan fingerprint density at radius 3 is 2.90 bits per heavy atom. The molecule has 0 aliphatic heterocycles. The van der Waals surface area contributed by atoms with Crippen molar-refractivity contribution in [3.05, 3.63) is 35.8 Å². The number of thioether (sulfide) groups is 1. The maximum Gasteiger partial charge on any atom is 0.325 e. The van der Waals surface area contributed by atoms with Crippen molar-refractivity contribution in [2.24, 2.45) is 0 Å². The van der Waals surface area contributed by atoms with E-state index in [1.807, 2.05) is 35.9 Å². The molecule has 2 heterocycles. The average Bonchev–Trinajstić information content (AvgIpc) is 2.80. The number of pyridine rings is 1. The number of imidazole rings is 1. The summed E-state index contributed by atoms with van der Waals surface area (Å²) >= 11 is 1.41. The smallest absolute Gasteiger partial charge is 0.325 e. The SMILES string of the molecule is Cc1ccc2nc(CSCC(=O)N[C@H](C)C(=O)O)cn2c1. The van der Waals surface area contributed by atoms with E-state index in [1.165, 1.54) is 18.7 Å². The molecular weight excluding hydrogens is 290 g/mol. The van der Waals surface area contributed by atoms with Gasteiger partial charge in [0.25, 0.3) is 0 Å². The van der Waals surface area contributed by atoms with Gasteiger partial charge in [-0.15, -0.1) is 11.8 Å². The van der Waals surface area contributed by atoms with Crippen LogP contribution in [0.2, 0.25) is 0 Å². The number of hydrogen-bond acceptors (Lipinski definition) is 4. The number of amides is 1. The van der Waals surface area contributed by atoms with Crippen molar-refractivity contribution in [1.29, 1.82) is 0 Å². The van der Waals surface area contributed by atoms with E-state index >= 15 is 0 Å². The Balaban J connectivity index is 1.84. The van der Waals surface area contributed by atoms with Gasteiger partial charge in [0.15, 0.2) is 0 Å². The molecule has 2 aromatic heterocycles. The Hall–Kier alpha value is -2.02. The second kappa shape index (κ2) is 6.62. The maximum absolute atomic E-state index is 11.5. The molecule has 0 aliphatic carbocycles. The Bertz CT molecular complexity index is 669. The van der Waals surface area contributed by atoms with Crippen molar-refractivity contribution < 1.29 is 14.7 Å². The number of rotatable bonds is 6. The lowest BCUT2D eigenvalue weighted by molar-refractivity contribution is -0.140. The van der Waals surface area contributed by atoms with Gasteiger partial charge in [0.05, 0.1) is 11.4 Å². The molecule has 1 amide bonds. The molecule has 2 rings (SSSR count). The molecule has 2 aromatic rings. The molecule has 2 N–H and O–H groups in total.